The lowest BCUT2D eigenvalue weighted by Crippen LogP contribution is -2.32. The number of nitrogens with zero attached hydrogens (tertiary/aromatic N) is 2. The lowest BCUT2D eigenvalue weighted by atomic mass is 10.2. The highest BCUT2D eigenvalue weighted by Gasteiger charge is 2.33. The van der Waals surface area contributed by atoms with Gasteiger partial charge in [0, 0.05) is 11.0 Å². The van der Waals surface area contributed by atoms with Crippen molar-refractivity contribution in [3.63, 3.8) is 0 Å². The maximum Gasteiger partial charge on any atom is 0.410 e. The highest BCUT2D eigenvalue weighted by Crippen LogP contribution is 2.31. The zero-order chi connectivity index (χ0) is 18.8. The molecule has 3 aromatic rings. The predicted octanol–water partition coefficient (Wildman–Crippen LogP) is 4.16. The molecule has 0 aliphatic carbocycles. The molecule has 6 nitrogen and oxygen atoms in total. The Hall–Kier alpha value is -2.67. The lowest BCUT2D eigenvalue weighted by molar-refractivity contribution is 0.0908. The number of ether oxygens (including phenoxy) is 1. The number of carbonyl (C=O) groups is 1. The van der Waals surface area contributed by atoms with E-state index in [1.165, 1.54) is 0 Å². The van der Waals surface area contributed by atoms with Crippen LogP contribution in [0.4, 0.5) is 4.79 Å². The summed E-state index contributed by atoms with van der Waals surface area (Å²) in [6.45, 7) is 0.802. The molecule has 0 bridgehead atoms. The normalized spacial score (nSPS) is 16.6. The molecule has 1 fully saturated rings. The first-order valence-corrected chi connectivity index (χ1v) is 9.58. The van der Waals surface area contributed by atoms with E-state index in [0.29, 0.717) is 23.3 Å². The fourth-order valence-electron chi connectivity index (χ4n) is 3.36. The number of nitrogens with one attached hydrogen (secondary N) is 1. The number of aromatic nitrogens is 2. The van der Waals surface area contributed by atoms with Gasteiger partial charge in [-0.15, -0.1) is 0 Å². The van der Waals surface area contributed by atoms with Crippen LogP contribution in [0.1, 0.15) is 30.3 Å². The van der Waals surface area contributed by atoms with Crippen LogP contribution in [0.3, 0.4) is 0 Å². The molecule has 0 saturated carbocycles. The van der Waals surface area contributed by atoms with E-state index in [1.807, 2.05) is 36.4 Å². The largest absolute Gasteiger partial charge is 0.445 e. The van der Waals surface area contributed by atoms with Gasteiger partial charge in [-0.1, -0.05) is 46.3 Å². The Labute approximate surface area is 164 Å². The number of H-pyrrole nitrogens is 1. The first kappa shape index (κ1) is 17.7. The Balaban J connectivity index is 1.56. The molecule has 27 heavy (non-hydrogen) atoms. The van der Waals surface area contributed by atoms with E-state index >= 15 is 0 Å². The van der Waals surface area contributed by atoms with Crippen LogP contribution >= 0.6 is 15.9 Å². The van der Waals surface area contributed by atoms with Crippen molar-refractivity contribution < 1.29 is 9.53 Å². The summed E-state index contributed by atoms with van der Waals surface area (Å²) in [7, 11) is 0. The number of halogens is 1. The highest BCUT2D eigenvalue weighted by atomic mass is 79.9. The standard InChI is InChI=1S/C20H18BrN3O3/c21-14-8-9-15-16(11-14)22-18(23-19(15)25)17-7-4-10-24(17)20(26)27-12-13-5-2-1-3-6-13/h1-3,5-6,8-9,11,17H,4,7,10,12H2,(H,22,23,25)/t17-/m0/s1. The maximum absolute atomic E-state index is 12.6. The second-order valence-corrected chi connectivity index (χ2v) is 7.42. The molecule has 2 aromatic carbocycles. The predicted molar refractivity (Wildman–Crippen MR) is 105 cm³/mol. The van der Waals surface area contributed by atoms with Gasteiger partial charge in [0.15, 0.2) is 0 Å². The van der Waals surface area contributed by atoms with Crippen LogP contribution in [-0.4, -0.2) is 27.5 Å². The van der Waals surface area contributed by atoms with Gasteiger partial charge in [-0.05, 0) is 36.6 Å². The summed E-state index contributed by atoms with van der Waals surface area (Å²) in [5, 5.41) is 0.526. The van der Waals surface area contributed by atoms with Crippen molar-refractivity contribution in [2.45, 2.75) is 25.5 Å². The zero-order valence-electron chi connectivity index (χ0n) is 14.5. The summed E-state index contributed by atoms with van der Waals surface area (Å²) in [4.78, 5) is 34.1. The SMILES string of the molecule is O=C(OCc1ccccc1)N1CCC[C@H]1c1nc2cc(Br)ccc2c(=O)[nH]1. The lowest BCUT2D eigenvalue weighted by Gasteiger charge is -2.23. The summed E-state index contributed by atoms with van der Waals surface area (Å²) in [5.74, 6) is 0.500. The average Bonchev–Trinajstić information content (AvgIpc) is 3.16. The van der Waals surface area contributed by atoms with Crippen molar-refractivity contribution in [3.05, 3.63) is 74.7 Å². The second kappa shape index (κ2) is 7.52. The van der Waals surface area contributed by atoms with E-state index in [0.717, 1.165) is 22.9 Å². The summed E-state index contributed by atoms with van der Waals surface area (Å²) in [6.07, 6.45) is 1.19. The van der Waals surface area contributed by atoms with Gasteiger partial charge >= 0.3 is 6.09 Å². The summed E-state index contributed by atoms with van der Waals surface area (Å²) >= 11 is 3.41. The van der Waals surface area contributed by atoms with Crippen LogP contribution in [-0.2, 0) is 11.3 Å². The molecular formula is C20H18BrN3O3. The molecule has 7 heteroatoms. The number of rotatable bonds is 3. The summed E-state index contributed by atoms with van der Waals surface area (Å²) in [5.41, 5.74) is 1.34. The number of carbonyl (C=O) groups excluding carboxylic acids is 1. The van der Waals surface area contributed by atoms with Gasteiger partial charge in [-0.25, -0.2) is 9.78 Å². The molecule has 1 saturated heterocycles. The third-order valence-electron chi connectivity index (χ3n) is 4.69. The molecule has 1 aliphatic heterocycles. The molecule has 1 aromatic heterocycles. The Morgan fingerprint density at radius 1 is 1.26 bits per heavy atom. The molecule has 0 spiro atoms. The monoisotopic (exact) mass is 427 g/mol. The Kier molecular flexibility index (Phi) is 4.94. The Morgan fingerprint density at radius 3 is 2.89 bits per heavy atom. The van der Waals surface area contributed by atoms with E-state index in [9.17, 15) is 9.59 Å². The van der Waals surface area contributed by atoms with Gasteiger partial charge in [0.2, 0.25) is 0 Å². The quantitative estimate of drug-likeness (QED) is 0.680. The minimum atomic E-state index is -0.390. The van der Waals surface area contributed by atoms with Crippen molar-refractivity contribution in [3.8, 4) is 0 Å². The number of hydrogen-bond donors (Lipinski definition) is 1. The number of fused-ring (bicyclic) bond motifs is 1. The van der Waals surface area contributed by atoms with Crippen LogP contribution in [0, 0.1) is 0 Å². The van der Waals surface area contributed by atoms with Crippen molar-refractivity contribution in [2.75, 3.05) is 6.54 Å². The van der Waals surface area contributed by atoms with Crippen LogP contribution in [0.25, 0.3) is 10.9 Å². The van der Waals surface area contributed by atoms with Crippen molar-refractivity contribution in [1.82, 2.24) is 14.9 Å². The first-order valence-electron chi connectivity index (χ1n) is 8.78. The molecule has 1 aliphatic rings. The van der Waals surface area contributed by atoms with E-state index in [2.05, 4.69) is 25.9 Å². The number of amides is 1. The molecule has 0 radical (unpaired) electrons. The Morgan fingerprint density at radius 2 is 2.07 bits per heavy atom. The van der Waals surface area contributed by atoms with E-state index < -0.39 is 6.09 Å². The van der Waals surface area contributed by atoms with Crippen LogP contribution in [0.15, 0.2) is 57.8 Å². The van der Waals surface area contributed by atoms with E-state index in [1.54, 1.807) is 17.0 Å². The van der Waals surface area contributed by atoms with Crippen molar-refractivity contribution in [2.24, 2.45) is 0 Å². The smallest absolute Gasteiger partial charge is 0.410 e. The van der Waals surface area contributed by atoms with Crippen LogP contribution < -0.4 is 5.56 Å². The topological polar surface area (TPSA) is 75.3 Å². The molecule has 1 atom stereocenters. The molecule has 138 valence electrons. The Bertz CT molecular complexity index is 1040. The molecule has 2 heterocycles. The van der Waals surface area contributed by atoms with Gasteiger partial charge in [0.1, 0.15) is 12.4 Å². The maximum atomic E-state index is 12.6. The highest BCUT2D eigenvalue weighted by molar-refractivity contribution is 9.10. The van der Waals surface area contributed by atoms with E-state index in [4.69, 9.17) is 4.74 Å². The minimum absolute atomic E-state index is 0.202. The summed E-state index contributed by atoms with van der Waals surface area (Å²) in [6, 6.07) is 14.6. The van der Waals surface area contributed by atoms with Gasteiger partial charge in [0.05, 0.1) is 16.9 Å². The molecule has 1 N–H and O–H groups in total. The van der Waals surface area contributed by atoms with Crippen molar-refractivity contribution >= 4 is 32.9 Å². The number of likely N-dealkylation sites (tertiary alicyclic amines) is 1. The minimum Gasteiger partial charge on any atom is -0.445 e. The molecule has 0 unspecified atom stereocenters. The average molecular weight is 428 g/mol. The number of benzene rings is 2. The van der Waals surface area contributed by atoms with Crippen molar-refractivity contribution in [1.29, 1.82) is 0 Å². The van der Waals surface area contributed by atoms with Crippen LogP contribution in [0.5, 0.6) is 0 Å². The van der Waals surface area contributed by atoms with Gasteiger partial charge in [-0.3, -0.25) is 9.69 Å². The first-order chi connectivity index (χ1) is 13.1. The molecular weight excluding hydrogens is 410 g/mol. The van der Waals surface area contributed by atoms with Gasteiger partial charge < -0.3 is 9.72 Å². The molecule has 1 amide bonds. The fraction of sp³-hybridized carbons (Fsp3) is 0.250. The fourth-order valence-corrected chi connectivity index (χ4v) is 3.71. The number of aromatic amines is 1. The third kappa shape index (κ3) is 3.73. The van der Waals surface area contributed by atoms with E-state index in [-0.39, 0.29) is 18.2 Å². The third-order valence-corrected chi connectivity index (χ3v) is 5.19. The zero-order valence-corrected chi connectivity index (χ0v) is 16.1. The second-order valence-electron chi connectivity index (χ2n) is 6.50. The van der Waals surface area contributed by atoms with Gasteiger partial charge in [-0.2, -0.15) is 0 Å². The van der Waals surface area contributed by atoms with Crippen LogP contribution in [0.2, 0.25) is 0 Å². The number of hydrogen-bond acceptors (Lipinski definition) is 4. The van der Waals surface area contributed by atoms with Gasteiger partial charge in [0.25, 0.3) is 5.56 Å². The molecule has 4 rings (SSSR count). The summed E-state index contributed by atoms with van der Waals surface area (Å²) < 4.78 is 6.31.